The molecule has 0 aliphatic heterocycles. The van der Waals surface area contributed by atoms with Gasteiger partial charge in [-0.3, -0.25) is 4.99 Å². The van der Waals surface area contributed by atoms with Crippen molar-refractivity contribution in [2.75, 3.05) is 13.6 Å². The van der Waals surface area contributed by atoms with Gasteiger partial charge in [0.15, 0.2) is 5.96 Å². The molecule has 8 heteroatoms. The molecule has 0 radical (unpaired) electrons. The molecule has 0 aliphatic carbocycles. The van der Waals surface area contributed by atoms with Crippen LogP contribution in [-0.4, -0.2) is 29.5 Å². The third-order valence-corrected chi connectivity index (χ3v) is 4.11. The summed E-state index contributed by atoms with van der Waals surface area (Å²) < 4.78 is 13.2. The van der Waals surface area contributed by atoms with Gasteiger partial charge in [0.2, 0.25) is 0 Å². The fourth-order valence-corrected chi connectivity index (χ4v) is 2.71. The van der Waals surface area contributed by atoms with Gasteiger partial charge >= 0.3 is 0 Å². The predicted molar refractivity (Wildman–Crippen MR) is 115 cm³/mol. The third-order valence-electron chi connectivity index (χ3n) is 3.89. The zero-order chi connectivity index (χ0) is 17.6. The van der Waals surface area contributed by atoms with E-state index in [4.69, 9.17) is 11.6 Å². The van der Waals surface area contributed by atoms with E-state index in [9.17, 15) is 4.39 Å². The van der Waals surface area contributed by atoms with E-state index in [0.717, 1.165) is 28.5 Å². The molecule has 0 bridgehead atoms. The van der Waals surface area contributed by atoms with E-state index in [-0.39, 0.29) is 29.8 Å². The summed E-state index contributed by atoms with van der Waals surface area (Å²) in [5.74, 6) is 0.473. The molecule has 0 fully saturated rings. The molecule has 2 heterocycles. The lowest BCUT2D eigenvalue weighted by Crippen LogP contribution is -2.37. The monoisotopic (exact) mass is 487 g/mol. The van der Waals surface area contributed by atoms with Gasteiger partial charge < -0.3 is 15.6 Å². The molecule has 0 atom stereocenters. The van der Waals surface area contributed by atoms with Gasteiger partial charge in [-0.05, 0) is 41.8 Å². The van der Waals surface area contributed by atoms with Crippen LogP contribution < -0.4 is 10.6 Å². The van der Waals surface area contributed by atoms with E-state index in [2.05, 4.69) is 25.6 Å². The Labute approximate surface area is 173 Å². The van der Waals surface area contributed by atoms with E-state index < -0.39 is 0 Å². The molecular weight excluding hydrogens is 468 g/mol. The average molecular weight is 488 g/mol. The molecular formula is C18H20ClFIN5. The maximum atomic E-state index is 13.2. The number of guanidine groups is 1. The van der Waals surface area contributed by atoms with Crippen LogP contribution in [0.25, 0.3) is 10.9 Å². The highest BCUT2D eigenvalue weighted by molar-refractivity contribution is 14.0. The van der Waals surface area contributed by atoms with Crippen LogP contribution in [0.15, 0.2) is 47.7 Å². The summed E-state index contributed by atoms with van der Waals surface area (Å²) >= 11 is 5.78. The topological polar surface area (TPSA) is 65.1 Å². The van der Waals surface area contributed by atoms with Crippen molar-refractivity contribution >= 4 is 52.4 Å². The van der Waals surface area contributed by atoms with Crippen LogP contribution in [0.3, 0.4) is 0 Å². The van der Waals surface area contributed by atoms with E-state index in [1.165, 1.54) is 12.1 Å². The van der Waals surface area contributed by atoms with Crippen LogP contribution in [0.2, 0.25) is 5.15 Å². The smallest absolute Gasteiger partial charge is 0.191 e. The minimum absolute atomic E-state index is 0. The van der Waals surface area contributed by atoms with Crippen molar-refractivity contribution in [3.63, 3.8) is 0 Å². The molecule has 5 nitrogen and oxygen atoms in total. The van der Waals surface area contributed by atoms with Crippen molar-refractivity contribution in [3.05, 3.63) is 64.8 Å². The van der Waals surface area contributed by atoms with Crippen molar-refractivity contribution in [3.8, 4) is 0 Å². The summed E-state index contributed by atoms with van der Waals surface area (Å²) in [4.78, 5) is 11.4. The highest BCUT2D eigenvalue weighted by Gasteiger charge is 2.05. The van der Waals surface area contributed by atoms with Crippen molar-refractivity contribution in [2.24, 2.45) is 4.99 Å². The highest BCUT2D eigenvalue weighted by atomic mass is 127. The molecule has 0 saturated carbocycles. The lowest BCUT2D eigenvalue weighted by atomic mass is 10.1. The molecule has 0 unspecified atom stereocenters. The first-order valence-corrected chi connectivity index (χ1v) is 8.34. The SMILES string of the molecule is CN=C(NCCc1c[nH]c2cc(F)ccc12)NCc1ccc(Cl)nc1.I. The lowest BCUT2D eigenvalue weighted by molar-refractivity contribution is 0.629. The number of fused-ring (bicyclic) bond motifs is 1. The molecule has 3 N–H and O–H groups in total. The first-order chi connectivity index (χ1) is 12.2. The Bertz CT molecular complexity index is 879. The van der Waals surface area contributed by atoms with Gasteiger partial charge in [-0.1, -0.05) is 17.7 Å². The van der Waals surface area contributed by atoms with Gasteiger partial charge in [0, 0.05) is 43.4 Å². The second-order valence-electron chi connectivity index (χ2n) is 5.60. The van der Waals surface area contributed by atoms with Gasteiger partial charge in [-0.25, -0.2) is 9.37 Å². The van der Waals surface area contributed by atoms with Gasteiger partial charge in [0.05, 0.1) is 0 Å². The lowest BCUT2D eigenvalue weighted by Gasteiger charge is -2.11. The predicted octanol–water partition coefficient (Wildman–Crippen LogP) is 3.88. The number of nitrogens with zero attached hydrogens (tertiary/aromatic N) is 2. The Morgan fingerprint density at radius 2 is 2.12 bits per heavy atom. The third kappa shape index (κ3) is 5.31. The molecule has 3 rings (SSSR count). The number of hydrogen-bond donors (Lipinski definition) is 3. The van der Waals surface area contributed by atoms with Crippen molar-refractivity contribution in [1.82, 2.24) is 20.6 Å². The standard InChI is InChI=1S/C18H19ClFN5.HI/c1-21-18(25-10-12-2-5-17(19)24-9-12)22-7-6-13-11-23-16-8-14(20)3-4-15(13)16;/h2-5,8-9,11,23H,6-7,10H2,1H3,(H2,21,22,25);1H. The molecule has 1 aromatic carbocycles. The van der Waals surface area contributed by atoms with Gasteiger partial charge in [0.1, 0.15) is 11.0 Å². The Balaban J connectivity index is 0.00000243. The van der Waals surface area contributed by atoms with E-state index in [1.54, 1.807) is 25.4 Å². The number of H-pyrrole nitrogens is 1. The van der Waals surface area contributed by atoms with Crippen LogP contribution in [0.5, 0.6) is 0 Å². The molecule has 3 aromatic rings. The summed E-state index contributed by atoms with van der Waals surface area (Å²) in [7, 11) is 1.73. The number of benzene rings is 1. The molecule has 0 amide bonds. The number of halogens is 3. The second-order valence-corrected chi connectivity index (χ2v) is 5.98. The summed E-state index contributed by atoms with van der Waals surface area (Å²) in [6, 6.07) is 8.47. The largest absolute Gasteiger partial charge is 0.361 e. The Morgan fingerprint density at radius 3 is 2.85 bits per heavy atom. The number of rotatable bonds is 5. The molecule has 0 spiro atoms. The Kier molecular flexibility index (Phi) is 7.65. The number of aromatic nitrogens is 2. The van der Waals surface area contributed by atoms with Gasteiger partial charge in [-0.2, -0.15) is 0 Å². The molecule has 138 valence electrons. The summed E-state index contributed by atoms with van der Waals surface area (Å²) in [6.07, 6.45) is 4.45. The Morgan fingerprint density at radius 1 is 1.27 bits per heavy atom. The minimum atomic E-state index is -0.236. The number of hydrogen-bond acceptors (Lipinski definition) is 2. The molecule has 26 heavy (non-hydrogen) atoms. The van der Waals surface area contributed by atoms with Crippen LogP contribution >= 0.6 is 35.6 Å². The highest BCUT2D eigenvalue weighted by Crippen LogP contribution is 2.19. The molecule has 0 aliphatic rings. The first kappa shape index (κ1) is 20.4. The normalized spacial score (nSPS) is 11.3. The minimum Gasteiger partial charge on any atom is -0.361 e. The second kappa shape index (κ2) is 9.72. The van der Waals surface area contributed by atoms with Crippen molar-refractivity contribution < 1.29 is 4.39 Å². The molecule has 2 aromatic heterocycles. The first-order valence-electron chi connectivity index (χ1n) is 7.96. The van der Waals surface area contributed by atoms with E-state index >= 15 is 0 Å². The summed E-state index contributed by atoms with van der Waals surface area (Å²) in [5, 5.41) is 8.02. The fraction of sp³-hybridized carbons (Fsp3) is 0.222. The maximum Gasteiger partial charge on any atom is 0.191 e. The van der Waals surface area contributed by atoms with Crippen LogP contribution in [0.4, 0.5) is 4.39 Å². The van der Waals surface area contributed by atoms with Crippen molar-refractivity contribution in [1.29, 1.82) is 0 Å². The van der Waals surface area contributed by atoms with Crippen molar-refractivity contribution in [2.45, 2.75) is 13.0 Å². The van der Waals surface area contributed by atoms with E-state index in [0.29, 0.717) is 24.2 Å². The summed E-state index contributed by atoms with van der Waals surface area (Å²) in [6.45, 7) is 1.32. The average Bonchev–Trinajstić information content (AvgIpc) is 3.01. The Hall–Kier alpha value is -1.87. The van der Waals surface area contributed by atoms with Crippen LogP contribution in [0.1, 0.15) is 11.1 Å². The molecule has 0 saturated heterocycles. The van der Waals surface area contributed by atoms with Crippen LogP contribution in [0, 0.1) is 5.82 Å². The quantitative estimate of drug-likeness (QED) is 0.221. The fourth-order valence-electron chi connectivity index (χ4n) is 2.60. The maximum absolute atomic E-state index is 13.2. The van der Waals surface area contributed by atoms with Gasteiger partial charge in [0.25, 0.3) is 0 Å². The van der Waals surface area contributed by atoms with E-state index in [1.807, 2.05) is 12.3 Å². The summed E-state index contributed by atoms with van der Waals surface area (Å²) in [5.41, 5.74) is 2.97. The zero-order valence-corrected chi connectivity index (χ0v) is 17.3. The number of aromatic amines is 1. The van der Waals surface area contributed by atoms with Crippen LogP contribution in [-0.2, 0) is 13.0 Å². The van der Waals surface area contributed by atoms with Gasteiger partial charge in [-0.15, -0.1) is 24.0 Å². The number of pyridine rings is 1. The zero-order valence-electron chi connectivity index (χ0n) is 14.2. The number of nitrogens with one attached hydrogen (secondary N) is 3. The number of aliphatic imine (C=N–C) groups is 1.